The zero-order chi connectivity index (χ0) is 10.8. The van der Waals surface area contributed by atoms with E-state index in [1.54, 1.807) is 0 Å². The normalized spacial score (nSPS) is 15.9. The van der Waals surface area contributed by atoms with Gasteiger partial charge in [0.25, 0.3) is 0 Å². The number of amides is 1. The van der Waals surface area contributed by atoms with Crippen LogP contribution in [0.3, 0.4) is 0 Å². The van der Waals surface area contributed by atoms with Gasteiger partial charge in [0.05, 0.1) is 5.92 Å². The summed E-state index contributed by atoms with van der Waals surface area (Å²) in [6.07, 6.45) is 0.782. The molecule has 0 heterocycles. The quantitative estimate of drug-likeness (QED) is 0.895. The topological polar surface area (TPSA) is 46.2 Å². The molecule has 3 nitrogen and oxygen atoms in total. The van der Waals surface area contributed by atoms with Gasteiger partial charge >= 0.3 is 0 Å². The molecular formula is C11H10BrNO2. The molecule has 1 aromatic rings. The number of ketones is 1. The van der Waals surface area contributed by atoms with Crippen molar-refractivity contribution in [2.45, 2.75) is 12.8 Å². The summed E-state index contributed by atoms with van der Waals surface area (Å²) < 4.78 is 0.972. The molecule has 1 amide bonds. The average molecular weight is 268 g/mol. The highest BCUT2D eigenvalue weighted by Gasteiger charge is 2.32. The number of halogens is 1. The number of hydrogen-bond donors (Lipinski definition) is 1. The van der Waals surface area contributed by atoms with Crippen molar-refractivity contribution in [3.63, 3.8) is 0 Å². The Morgan fingerprint density at radius 1 is 1.27 bits per heavy atom. The monoisotopic (exact) mass is 267 g/mol. The van der Waals surface area contributed by atoms with Gasteiger partial charge in [-0.3, -0.25) is 9.59 Å². The number of rotatable bonds is 2. The third-order valence-corrected chi connectivity index (χ3v) is 2.96. The second-order valence-electron chi connectivity index (χ2n) is 3.64. The summed E-state index contributed by atoms with van der Waals surface area (Å²) in [5, 5.41) is 2.78. The summed E-state index contributed by atoms with van der Waals surface area (Å²) in [5.74, 6) is -0.0102. The van der Waals surface area contributed by atoms with Crippen LogP contribution in [0.4, 0.5) is 5.69 Å². The highest BCUT2D eigenvalue weighted by atomic mass is 79.9. The summed E-state index contributed by atoms with van der Waals surface area (Å²) in [7, 11) is 0. The lowest BCUT2D eigenvalue weighted by Gasteiger charge is -2.22. The van der Waals surface area contributed by atoms with Crippen LogP contribution in [0.2, 0.25) is 0 Å². The van der Waals surface area contributed by atoms with E-state index in [9.17, 15) is 9.59 Å². The molecule has 0 unspecified atom stereocenters. The van der Waals surface area contributed by atoms with E-state index in [1.807, 2.05) is 24.3 Å². The van der Waals surface area contributed by atoms with Gasteiger partial charge in [0, 0.05) is 23.0 Å². The van der Waals surface area contributed by atoms with Crippen molar-refractivity contribution < 1.29 is 9.59 Å². The number of carbonyl (C=O) groups is 2. The smallest absolute Gasteiger partial charge is 0.228 e. The van der Waals surface area contributed by atoms with Gasteiger partial charge in [0.1, 0.15) is 5.78 Å². The van der Waals surface area contributed by atoms with E-state index in [4.69, 9.17) is 0 Å². The minimum Gasteiger partial charge on any atom is -0.326 e. The van der Waals surface area contributed by atoms with Crippen molar-refractivity contribution in [2.75, 3.05) is 5.32 Å². The molecule has 1 aliphatic rings. The maximum Gasteiger partial charge on any atom is 0.228 e. The molecule has 4 heteroatoms. The Morgan fingerprint density at radius 3 is 2.40 bits per heavy atom. The lowest BCUT2D eigenvalue weighted by molar-refractivity contribution is -0.135. The van der Waals surface area contributed by atoms with Gasteiger partial charge in [0.2, 0.25) is 5.91 Å². The highest BCUT2D eigenvalue weighted by molar-refractivity contribution is 9.10. The Hall–Kier alpha value is -1.16. The maximum atomic E-state index is 11.6. The van der Waals surface area contributed by atoms with Gasteiger partial charge in [-0.15, -0.1) is 0 Å². The van der Waals surface area contributed by atoms with Crippen LogP contribution in [0.15, 0.2) is 28.7 Å². The standard InChI is InChI=1S/C11H10BrNO2/c12-8-1-3-9(4-2-8)13-11(15)7-5-10(14)6-7/h1-4,7H,5-6H2,(H,13,15). The highest BCUT2D eigenvalue weighted by Crippen LogP contribution is 2.24. The molecule has 0 radical (unpaired) electrons. The van der Waals surface area contributed by atoms with Crippen molar-refractivity contribution in [3.8, 4) is 0 Å². The van der Waals surface area contributed by atoms with Gasteiger partial charge in [0.15, 0.2) is 0 Å². The van der Waals surface area contributed by atoms with Crippen LogP contribution in [-0.2, 0) is 9.59 Å². The van der Waals surface area contributed by atoms with Gasteiger partial charge in [-0.1, -0.05) is 15.9 Å². The minimum atomic E-state index is -0.124. The second kappa shape index (κ2) is 4.14. The summed E-state index contributed by atoms with van der Waals surface area (Å²) in [5.41, 5.74) is 0.766. The van der Waals surface area contributed by atoms with Gasteiger partial charge in [-0.25, -0.2) is 0 Å². The Labute approximate surface area is 96.0 Å². The van der Waals surface area contributed by atoms with E-state index in [0.717, 1.165) is 10.2 Å². The van der Waals surface area contributed by atoms with Crippen LogP contribution in [-0.4, -0.2) is 11.7 Å². The van der Waals surface area contributed by atoms with Crippen LogP contribution in [0.5, 0.6) is 0 Å². The molecule has 0 aliphatic heterocycles. The Balaban J connectivity index is 1.94. The average Bonchev–Trinajstić information content (AvgIpc) is 2.17. The van der Waals surface area contributed by atoms with E-state index in [2.05, 4.69) is 21.2 Å². The van der Waals surface area contributed by atoms with Crippen LogP contribution >= 0.6 is 15.9 Å². The van der Waals surface area contributed by atoms with Crippen LogP contribution < -0.4 is 5.32 Å². The maximum absolute atomic E-state index is 11.6. The second-order valence-corrected chi connectivity index (χ2v) is 4.56. The van der Waals surface area contributed by atoms with Gasteiger partial charge in [-0.05, 0) is 24.3 Å². The SMILES string of the molecule is O=C1CC(C(=O)Nc2ccc(Br)cc2)C1. The Kier molecular flexibility index (Phi) is 2.86. The van der Waals surface area contributed by atoms with Crippen LogP contribution in [0.25, 0.3) is 0 Å². The van der Waals surface area contributed by atoms with Crippen molar-refractivity contribution >= 4 is 33.3 Å². The van der Waals surface area contributed by atoms with Crippen LogP contribution in [0, 0.1) is 5.92 Å². The molecule has 1 aliphatic carbocycles. The first-order valence-corrected chi connectivity index (χ1v) is 5.52. The molecule has 0 spiro atoms. The van der Waals surface area contributed by atoms with E-state index in [-0.39, 0.29) is 17.6 Å². The van der Waals surface area contributed by atoms with Crippen LogP contribution in [0.1, 0.15) is 12.8 Å². The first-order chi connectivity index (χ1) is 7.15. The minimum absolute atomic E-state index is 0.0584. The molecule has 1 fully saturated rings. The van der Waals surface area contributed by atoms with E-state index >= 15 is 0 Å². The number of Topliss-reactive ketones (excluding diaryl/α,β-unsaturated/α-hetero) is 1. The Morgan fingerprint density at radius 2 is 1.87 bits per heavy atom. The molecule has 1 aromatic carbocycles. The van der Waals surface area contributed by atoms with Gasteiger partial charge < -0.3 is 5.32 Å². The number of benzene rings is 1. The van der Waals surface area contributed by atoms with E-state index in [1.165, 1.54) is 0 Å². The third-order valence-electron chi connectivity index (χ3n) is 2.43. The fourth-order valence-corrected chi connectivity index (χ4v) is 1.72. The summed E-state index contributed by atoms with van der Waals surface area (Å²) >= 11 is 3.32. The van der Waals surface area contributed by atoms with Crippen molar-refractivity contribution in [2.24, 2.45) is 5.92 Å². The predicted molar refractivity (Wildman–Crippen MR) is 60.5 cm³/mol. The van der Waals surface area contributed by atoms with Crippen molar-refractivity contribution in [1.29, 1.82) is 0 Å². The summed E-state index contributed by atoms with van der Waals surface area (Å²) in [4.78, 5) is 22.3. The molecule has 78 valence electrons. The molecule has 0 aromatic heterocycles. The van der Waals surface area contributed by atoms with Crippen molar-refractivity contribution in [3.05, 3.63) is 28.7 Å². The fraction of sp³-hybridized carbons (Fsp3) is 0.273. The molecule has 1 N–H and O–H groups in total. The predicted octanol–water partition coefficient (Wildman–Crippen LogP) is 2.37. The van der Waals surface area contributed by atoms with E-state index in [0.29, 0.717) is 12.8 Å². The lowest BCUT2D eigenvalue weighted by Crippen LogP contribution is -2.34. The first kappa shape index (κ1) is 10.4. The molecule has 1 saturated carbocycles. The fourth-order valence-electron chi connectivity index (χ4n) is 1.45. The molecule has 0 atom stereocenters. The summed E-state index contributed by atoms with van der Waals surface area (Å²) in [6, 6.07) is 7.37. The molecular weight excluding hydrogens is 258 g/mol. The Bertz CT molecular complexity index is 392. The number of carbonyl (C=O) groups excluding carboxylic acids is 2. The first-order valence-electron chi connectivity index (χ1n) is 4.73. The van der Waals surface area contributed by atoms with Gasteiger partial charge in [-0.2, -0.15) is 0 Å². The summed E-state index contributed by atoms with van der Waals surface area (Å²) in [6.45, 7) is 0. The largest absolute Gasteiger partial charge is 0.326 e. The number of hydrogen-bond acceptors (Lipinski definition) is 2. The zero-order valence-electron chi connectivity index (χ0n) is 8.00. The molecule has 0 saturated heterocycles. The van der Waals surface area contributed by atoms with E-state index < -0.39 is 0 Å². The molecule has 0 bridgehead atoms. The number of anilines is 1. The zero-order valence-corrected chi connectivity index (χ0v) is 9.58. The number of nitrogens with one attached hydrogen (secondary N) is 1. The van der Waals surface area contributed by atoms with Crippen molar-refractivity contribution in [1.82, 2.24) is 0 Å². The molecule has 15 heavy (non-hydrogen) atoms. The molecule has 2 rings (SSSR count). The lowest BCUT2D eigenvalue weighted by atomic mass is 9.83. The third kappa shape index (κ3) is 2.45.